The summed E-state index contributed by atoms with van der Waals surface area (Å²) in [5.74, 6) is -1.12. The monoisotopic (exact) mass is 387 g/mol. The summed E-state index contributed by atoms with van der Waals surface area (Å²) in [5.41, 5.74) is 1.52. The Hall–Kier alpha value is -3.09. The molecule has 0 aliphatic carbocycles. The van der Waals surface area contributed by atoms with Gasteiger partial charge in [-0.3, -0.25) is 4.98 Å². The number of benzene rings is 1. The number of carbonyl (C=O) groups excluding carboxylic acids is 2. The van der Waals surface area contributed by atoms with Gasteiger partial charge in [-0.25, -0.2) is 9.59 Å². The van der Waals surface area contributed by atoms with Crippen LogP contribution in [0.2, 0.25) is 0 Å². The van der Waals surface area contributed by atoms with E-state index in [4.69, 9.17) is 14.2 Å². The maximum atomic E-state index is 12.4. The topological polar surface area (TPSA) is 95.0 Å². The molecular weight excluding hydrogens is 362 g/mol. The maximum Gasteiger partial charge on any atom is 0.342 e. The molecule has 0 spiro atoms. The molecule has 0 amide bonds. The Balaban J connectivity index is 2.50. The van der Waals surface area contributed by atoms with Gasteiger partial charge in [0.15, 0.2) is 5.75 Å². The van der Waals surface area contributed by atoms with E-state index in [0.29, 0.717) is 30.7 Å². The van der Waals surface area contributed by atoms with Crippen molar-refractivity contribution in [3.63, 3.8) is 0 Å². The van der Waals surface area contributed by atoms with Gasteiger partial charge in [-0.2, -0.15) is 0 Å². The molecule has 0 aliphatic heterocycles. The molecule has 7 nitrogen and oxygen atoms in total. The smallest absolute Gasteiger partial charge is 0.342 e. The van der Waals surface area contributed by atoms with E-state index in [1.807, 2.05) is 31.2 Å². The average molecular weight is 387 g/mol. The number of aromatic hydroxyl groups is 1. The van der Waals surface area contributed by atoms with Crippen molar-refractivity contribution in [1.29, 1.82) is 0 Å². The molecule has 0 bridgehead atoms. The summed E-state index contributed by atoms with van der Waals surface area (Å²) >= 11 is 0. The Morgan fingerprint density at radius 2 is 1.50 bits per heavy atom. The van der Waals surface area contributed by atoms with E-state index in [9.17, 15) is 14.7 Å². The number of rotatable bonds is 8. The van der Waals surface area contributed by atoms with Gasteiger partial charge in [-0.05, 0) is 37.0 Å². The quantitative estimate of drug-likeness (QED) is 0.695. The molecule has 150 valence electrons. The Bertz CT molecular complexity index is 845. The molecule has 1 N–H and O–H groups in total. The van der Waals surface area contributed by atoms with E-state index in [1.165, 1.54) is 14.2 Å². The normalized spacial score (nSPS) is 10.4. The molecule has 0 unspecified atom stereocenters. The number of hydrogen-bond acceptors (Lipinski definition) is 7. The molecule has 0 aliphatic rings. The van der Waals surface area contributed by atoms with Gasteiger partial charge in [0.2, 0.25) is 0 Å². The number of esters is 2. The van der Waals surface area contributed by atoms with Crippen LogP contribution in [-0.2, 0) is 28.7 Å². The van der Waals surface area contributed by atoms with Crippen molar-refractivity contribution in [3.8, 4) is 11.5 Å². The molecule has 1 heterocycles. The van der Waals surface area contributed by atoms with E-state index < -0.39 is 11.9 Å². The van der Waals surface area contributed by atoms with Gasteiger partial charge < -0.3 is 19.3 Å². The standard InChI is InChI=1S/C21H25NO6/c1-5-6-16-19(23)18(21(25)28-4)17(20(24)27-3)15(22-16)12-9-13-7-10-14(26-2)11-8-13/h7-8,10-11,23H,5-6,9,12H2,1-4H3. The van der Waals surface area contributed by atoms with Crippen LogP contribution in [-0.4, -0.2) is 43.4 Å². The number of pyridine rings is 1. The van der Waals surface area contributed by atoms with Crippen LogP contribution in [0.15, 0.2) is 24.3 Å². The van der Waals surface area contributed by atoms with Crippen LogP contribution in [0.5, 0.6) is 11.5 Å². The minimum atomic E-state index is -0.802. The van der Waals surface area contributed by atoms with Gasteiger partial charge in [0.25, 0.3) is 0 Å². The van der Waals surface area contributed by atoms with Crippen molar-refractivity contribution >= 4 is 11.9 Å². The third-order valence-corrected chi connectivity index (χ3v) is 4.39. The highest BCUT2D eigenvalue weighted by Crippen LogP contribution is 2.30. The lowest BCUT2D eigenvalue weighted by atomic mass is 9.97. The third-order valence-electron chi connectivity index (χ3n) is 4.39. The second-order valence-electron chi connectivity index (χ2n) is 6.19. The zero-order chi connectivity index (χ0) is 20.7. The molecule has 2 aromatic rings. The van der Waals surface area contributed by atoms with E-state index >= 15 is 0 Å². The Morgan fingerprint density at radius 1 is 0.893 bits per heavy atom. The summed E-state index contributed by atoms with van der Waals surface area (Å²) in [7, 11) is 4.01. The first-order valence-corrected chi connectivity index (χ1v) is 9.01. The van der Waals surface area contributed by atoms with Crippen molar-refractivity contribution in [3.05, 3.63) is 52.3 Å². The number of carbonyl (C=O) groups is 2. The lowest BCUT2D eigenvalue weighted by molar-refractivity contribution is 0.0550. The van der Waals surface area contributed by atoms with Gasteiger partial charge in [-0.15, -0.1) is 0 Å². The second kappa shape index (κ2) is 9.73. The first-order chi connectivity index (χ1) is 13.5. The number of methoxy groups -OCH3 is 3. The Labute approximate surface area is 164 Å². The molecule has 2 rings (SSSR count). The molecule has 1 aromatic carbocycles. The summed E-state index contributed by atoms with van der Waals surface area (Å²) in [5, 5.41) is 10.5. The molecule has 0 fully saturated rings. The SMILES string of the molecule is CCCc1nc(CCc2ccc(OC)cc2)c(C(=O)OC)c(C(=O)OC)c1O. The average Bonchev–Trinajstić information content (AvgIpc) is 2.73. The predicted molar refractivity (Wildman–Crippen MR) is 103 cm³/mol. The first-order valence-electron chi connectivity index (χ1n) is 9.01. The van der Waals surface area contributed by atoms with Gasteiger partial charge in [-0.1, -0.05) is 25.5 Å². The number of aryl methyl sites for hydroxylation is 3. The maximum absolute atomic E-state index is 12.4. The van der Waals surface area contributed by atoms with Crippen molar-refractivity contribution in [2.45, 2.75) is 32.6 Å². The second-order valence-corrected chi connectivity index (χ2v) is 6.19. The van der Waals surface area contributed by atoms with Crippen LogP contribution in [0, 0.1) is 0 Å². The third kappa shape index (κ3) is 4.60. The van der Waals surface area contributed by atoms with E-state index in [-0.39, 0.29) is 16.9 Å². The van der Waals surface area contributed by atoms with Crippen LogP contribution in [0.3, 0.4) is 0 Å². The van der Waals surface area contributed by atoms with Crippen LogP contribution >= 0.6 is 0 Å². The Morgan fingerprint density at radius 3 is 2.04 bits per heavy atom. The molecule has 0 radical (unpaired) electrons. The van der Waals surface area contributed by atoms with Crippen LogP contribution in [0.1, 0.15) is 51.0 Å². The van der Waals surface area contributed by atoms with E-state index in [0.717, 1.165) is 17.7 Å². The molecule has 1 aromatic heterocycles. The first kappa shape index (κ1) is 21.2. The lowest BCUT2D eigenvalue weighted by Crippen LogP contribution is -2.18. The highest BCUT2D eigenvalue weighted by molar-refractivity contribution is 6.06. The Kier molecular flexibility index (Phi) is 7.37. The fraction of sp³-hybridized carbons (Fsp3) is 0.381. The number of hydrogen-bond donors (Lipinski definition) is 1. The predicted octanol–water partition coefficient (Wildman–Crippen LogP) is 3.11. The van der Waals surface area contributed by atoms with Crippen molar-refractivity contribution in [2.24, 2.45) is 0 Å². The summed E-state index contributed by atoms with van der Waals surface area (Å²) < 4.78 is 14.8. The molecular formula is C21H25NO6. The zero-order valence-electron chi connectivity index (χ0n) is 16.6. The number of nitrogens with zero attached hydrogens (tertiary/aromatic N) is 1. The number of aromatic nitrogens is 1. The van der Waals surface area contributed by atoms with Gasteiger partial charge in [0.1, 0.15) is 11.3 Å². The molecule has 0 saturated carbocycles. The van der Waals surface area contributed by atoms with Crippen molar-refractivity contribution < 1.29 is 28.9 Å². The molecule has 28 heavy (non-hydrogen) atoms. The number of ether oxygens (including phenoxy) is 3. The fourth-order valence-corrected chi connectivity index (χ4v) is 2.95. The minimum Gasteiger partial charge on any atom is -0.505 e. The molecule has 0 saturated heterocycles. The summed E-state index contributed by atoms with van der Waals surface area (Å²) in [6.45, 7) is 1.93. The zero-order valence-corrected chi connectivity index (χ0v) is 16.6. The van der Waals surface area contributed by atoms with Gasteiger partial charge in [0, 0.05) is 0 Å². The van der Waals surface area contributed by atoms with Gasteiger partial charge in [0.05, 0.1) is 38.3 Å². The van der Waals surface area contributed by atoms with Crippen molar-refractivity contribution in [1.82, 2.24) is 4.98 Å². The fourth-order valence-electron chi connectivity index (χ4n) is 2.95. The highest BCUT2D eigenvalue weighted by Gasteiger charge is 2.29. The van der Waals surface area contributed by atoms with Crippen molar-refractivity contribution in [2.75, 3.05) is 21.3 Å². The summed E-state index contributed by atoms with van der Waals surface area (Å²) in [4.78, 5) is 29.2. The summed E-state index contributed by atoms with van der Waals surface area (Å²) in [6.07, 6.45) is 2.15. The highest BCUT2D eigenvalue weighted by atomic mass is 16.5. The largest absolute Gasteiger partial charge is 0.505 e. The van der Waals surface area contributed by atoms with E-state index in [2.05, 4.69) is 4.98 Å². The van der Waals surface area contributed by atoms with Gasteiger partial charge >= 0.3 is 11.9 Å². The van der Waals surface area contributed by atoms with Crippen LogP contribution in [0.25, 0.3) is 0 Å². The van der Waals surface area contributed by atoms with E-state index in [1.54, 1.807) is 7.11 Å². The van der Waals surface area contributed by atoms with Crippen LogP contribution < -0.4 is 4.74 Å². The van der Waals surface area contributed by atoms with Crippen LogP contribution in [0.4, 0.5) is 0 Å². The lowest BCUT2D eigenvalue weighted by Gasteiger charge is -2.16. The minimum absolute atomic E-state index is 0.0554. The summed E-state index contributed by atoms with van der Waals surface area (Å²) in [6, 6.07) is 7.54. The molecule has 0 atom stereocenters. The molecule has 7 heteroatoms.